The van der Waals surface area contributed by atoms with Crippen LogP contribution >= 0.6 is 28.1 Å². The predicted octanol–water partition coefficient (Wildman–Crippen LogP) is 3.45. The molecule has 0 saturated carbocycles. The maximum atomic E-state index is 5.15. The standard InChI is InChI=1S/C15H14BrN3S/c16-14-9-5-4-8-13(14)11-18-19-15(20)17-10-12-6-2-1-3-7-12/h1-9,11H,10H2,(H2,17,19,20)/b18-11-. The molecule has 2 N–H and O–H groups in total. The first-order chi connectivity index (χ1) is 9.75. The highest BCUT2D eigenvalue weighted by Gasteiger charge is 1.96. The van der Waals surface area contributed by atoms with E-state index >= 15 is 0 Å². The minimum absolute atomic E-state index is 0.497. The van der Waals surface area contributed by atoms with Gasteiger partial charge in [0, 0.05) is 16.6 Å². The van der Waals surface area contributed by atoms with Gasteiger partial charge < -0.3 is 5.32 Å². The lowest BCUT2D eigenvalue weighted by Crippen LogP contribution is -2.31. The van der Waals surface area contributed by atoms with Crippen LogP contribution in [0.5, 0.6) is 0 Å². The zero-order chi connectivity index (χ0) is 14.2. The van der Waals surface area contributed by atoms with E-state index in [0.29, 0.717) is 11.7 Å². The maximum Gasteiger partial charge on any atom is 0.187 e. The van der Waals surface area contributed by atoms with Gasteiger partial charge in [-0.05, 0) is 23.8 Å². The van der Waals surface area contributed by atoms with E-state index in [4.69, 9.17) is 12.2 Å². The minimum atomic E-state index is 0.497. The predicted molar refractivity (Wildman–Crippen MR) is 90.8 cm³/mol. The van der Waals surface area contributed by atoms with Crippen molar-refractivity contribution < 1.29 is 0 Å². The van der Waals surface area contributed by atoms with Gasteiger partial charge in [-0.2, -0.15) is 5.10 Å². The van der Waals surface area contributed by atoms with Gasteiger partial charge in [-0.3, -0.25) is 5.43 Å². The first-order valence-electron chi connectivity index (χ1n) is 6.11. The SMILES string of the molecule is S=C(NCc1ccccc1)N/N=C\c1ccccc1Br. The van der Waals surface area contributed by atoms with Gasteiger partial charge in [-0.1, -0.05) is 64.5 Å². The van der Waals surface area contributed by atoms with Gasteiger partial charge in [0.15, 0.2) is 5.11 Å². The number of hydrazone groups is 1. The number of hydrogen-bond donors (Lipinski definition) is 2. The van der Waals surface area contributed by atoms with Gasteiger partial charge in [0.25, 0.3) is 0 Å². The fourth-order valence-electron chi connectivity index (χ4n) is 1.56. The molecule has 5 heteroatoms. The highest BCUT2D eigenvalue weighted by Crippen LogP contribution is 2.13. The molecule has 3 nitrogen and oxygen atoms in total. The summed E-state index contributed by atoms with van der Waals surface area (Å²) in [5, 5.41) is 7.70. The van der Waals surface area contributed by atoms with Crippen LogP contribution in [-0.2, 0) is 6.54 Å². The number of rotatable bonds is 4. The molecule has 0 bridgehead atoms. The Hall–Kier alpha value is -1.72. The Morgan fingerprint density at radius 1 is 1.10 bits per heavy atom. The number of hydrogen-bond acceptors (Lipinski definition) is 2. The van der Waals surface area contributed by atoms with Gasteiger partial charge in [0.2, 0.25) is 0 Å². The van der Waals surface area contributed by atoms with Gasteiger partial charge in [-0.25, -0.2) is 0 Å². The largest absolute Gasteiger partial charge is 0.357 e. The Bertz CT molecular complexity index is 599. The molecule has 0 amide bonds. The van der Waals surface area contributed by atoms with E-state index < -0.39 is 0 Å². The van der Waals surface area contributed by atoms with Gasteiger partial charge in [0.1, 0.15) is 0 Å². The molecule has 0 aliphatic carbocycles. The molecule has 0 aliphatic rings. The van der Waals surface area contributed by atoms with Gasteiger partial charge >= 0.3 is 0 Å². The van der Waals surface area contributed by atoms with E-state index in [1.165, 1.54) is 5.56 Å². The summed E-state index contributed by atoms with van der Waals surface area (Å²) in [5.74, 6) is 0. The number of thiocarbonyl (C=S) groups is 1. The Kier molecular flexibility index (Phi) is 5.70. The third-order valence-electron chi connectivity index (χ3n) is 2.57. The first kappa shape index (κ1) is 14.7. The summed E-state index contributed by atoms with van der Waals surface area (Å²) in [6.45, 7) is 0.678. The van der Waals surface area contributed by atoms with E-state index in [9.17, 15) is 0 Å². The lowest BCUT2D eigenvalue weighted by atomic mass is 10.2. The molecule has 2 rings (SSSR count). The second-order valence-corrected chi connectivity index (χ2v) is 5.32. The quantitative estimate of drug-likeness (QED) is 0.505. The van der Waals surface area contributed by atoms with Crippen molar-refractivity contribution in [2.45, 2.75) is 6.54 Å². The van der Waals surface area contributed by atoms with Crippen molar-refractivity contribution in [3.8, 4) is 0 Å². The van der Waals surface area contributed by atoms with Gasteiger partial charge in [-0.15, -0.1) is 0 Å². The molecule has 0 atom stereocenters. The zero-order valence-electron chi connectivity index (χ0n) is 10.7. The normalized spacial score (nSPS) is 10.4. The molecule has 0 aromatic heterocycles. The smallest absolute Gasteiger partial charge is 0.187 e. The van der Waals surface area contributed by atoms with Crippen molar-refractivity contribution in [3.63, 3.8) is 0 Å². The van der Waals surface area contributed by atoms with Gasteiger partial charge in [0.05, 0.1) is 6.21 Å². The second-order valence-electron chi connectivity index (χ2n) is 4.06. The van der Waals surface area contributed by atoms with Crippen LogP contribution in [-0.4, -0.2) is 11.3 Å². The average molecular weight is 348 g/mol. The number of benzene rings is 2. The molecule has 0 unspecified atom stereocenters. The Morgan fingerprint density at radius 3 is 2.55 bits per heavy atom. The second kappa shape index (κ2) is 7.77. The van der Waals surface area contributed by atoms with Crippen LogP contribution in [0.15, 0.2) is 64.2 Å². The molecule has 2 aromatic carbocycles. The van der Waals surface area contributed by atoms with Crippen LogP contribution in [0.1, 0.15) is 11.1 Å². The van der Waals surface area contributed by atoms with Crippen LogP contribution in [0.4, 0.5) is 0 Å². The van der Waals surface area contributed by atoms with Crippen molar-refractivity contribution in [2.75, 3.05) is 0 Å². The summed E-state index contributed by atoms with van der Waals surface area (Å²) in [6, 6.07) is 17.9. The van der Waals surface area contributed by atoms with E-state index in [2.05, 4.69) is 31.8 Å². The molecule has 0 fully saturated rings. The molecule has 2 aromatic rings. The van der Waals surface area contributed by atoms with Crippen molar-refractivity contribution in [2.24, 2.45) is 5.10 Å². The molecular formula is C15H14BrN3S. The van der Waals surface area contributed by atoms with Crippen molar-refractivity contribution in [3.05, 3.63) is 70.2 Å². The van der Waals surface area contributed by atoms with Crippen LogP contribution in [0.2, 0.25) is 0 Å². The highest BCUT2D eigenvalue weighted by molar-refractivity contribution is 9.10. The summed E-state index contributed by atoms with van der Waals surface area (Å²) < 4.78 is 0.994. The van der Waals surface area contributed by atoms with Crippen molar-refractivity contribution in [1.82, 2.24) is 10.7 Å². The molecule has 102 valence electrons. The molecule has 0 radical (unpaired) electrons. The van der Waals surface area contributed by atoms with Crippen molar-refractivity contribution in [1.29, 1.82) is 0 Å². The lowest BCUT2D eigenvalue weighted by molar-refractivity contribution is 0.869. The number of nitrogens with one attached hydrogen (secondary N) is 2. The lowest BCUT2D eigenvalue weighted by Gasteiger charge is -2.06. The number of nitrogens with zero attached hydrogens (tertiary/aromatic N) is 1. The first-order valence-corrected chi connectivity index (χ1v) is 7.31. The zero-order valence-corrected chi connectivity index (χ0v) is 13.1. The van der Waals surface area contributed by atoms with Crippen LogP contribution in [0, 0.1) is 0 Å². The van der Waals surface area contributed by atoms with Crippen LogP contribution < -0.4 is 10.7 Å². The summed E-state index contributed by atoms with van der Waals surface area (Å²) in [7, 11) is 0. The summed E-state index contributed by atoms with van der Waals surface area (Å²) >= 11 is 8.61. The summed E-state index contributed by atoms with van der Waals surface area (Å²) in [5.41, 5.74) is 4.96. The topological polar surface area (TPSA) is 36.4 Å². The molecular weight excluding hydrogens is 334 g/mol. The van der Waals surface area contributed by atoms with E-state index in [1.807, 2.05) is 54.6 Å². The molecule has 0 aliphatic heterocycles. The maximum absolute atomic E-state index is 5.15. The van der Waals surface area contributed by atoms with E-state index in [0.717, 1.165) is 10.0 Å². The molecule has 20 heavy (non-hydrogen) atoms. The Labute approximate surface area is 132 Å². The monoisotopic (exact) mass is 347 g/mol. The Morgan fingerprint density at radius 2 is 1.80 bits per heavy atom. The molecule has 0 heterocycles. The summed E-state index contributed by atoms with van der Waals surface area (Å²) in [6.07, 6.45) is 1.72. The molecule has 0 spiro atoms. The Balaban J connectivity index is 1.79. The van der Waals surface area contributed by atoms with E-state index in [-0.39, 0.29) is 0 Å². The fraction of sp³-hybridized carbons (Fsp3) is 0.0667. The third-order valence-corrected chi connectivity index (χ3v) is 3.53. The fourth-order valence-corrected chi connectivity index (χ4v) is 2.07. The average Bonchev–Trinajstić information content (AvgIpc) is 2.48. The third kappa shape index (κ3) is 4.75. The summed E-state index contributed by atoms with van der Waals surface area (Å²) in [4.78, 5) is 0. The van der Waals surface area contributed by atoms with Crippen LogP contribution in [0.25, 0.3) is 0 Å². The van der Waals surface area contributed by atoms with Crippen molar-refractivity contribution >= 4 is 39.5 Å². The van der Waals surface area contributed by atoms with Crippen LogP contribution in [0.3, 0.4) is 0 Å². The highest BCUT2D eigenvalue weighted by atomic mass is 79.9. The van der Waals surface area contributed by atoms with E-state index in [1.54, 1.807) is 6.21 Å². The number of halogens is 1. The minimum Gasteiger partial charge on any atom is -0.357 e. The molecule has 0 saturated heterocycles.